The number of carbonyl (C=O) groups excluding carboxylic acids is 1. The molecule has 0 radical (unpaired) electrons. The van der Waals surface area contributed by atoms with E-state index in [-0.39, 0.29) is 17.9 Å². The van der Waals surface area contributed by atoms with Crippen LogP contribution in [0, 0.1) is 5.92 Å². The van der Waals surface area contributed by atoms with Crippen molar-refractivity contribution in [1.29, 1.82) is 0 Å². The summed E-state index contributed by atoms with van der Waals surface area (Å²) in [5, 5.41) is 2.61. The molecule has 146 valence electrons. The van der Waals surface area contributed by atoms with E-state index in [1.807, 2.05) is 6.92 Å². The van der Waals surface area contributed by atoms with Crippen LogP contribution < -0.4 is 14.8 Å². The molecular formula is C18H29N3O4S. The van der Waals surface area contributed by atoms with E-state index in [9.17, 15) is 13.2 Å². The number of amides is 1. The van der Waals surface area contributed by atoms with E-state index in [1.54, 1.807) is 32.2 Å². The Morgan fingerprint density at radius 1 is 1.38 bits per heavy atom. The third-order valence-corrected chi connectivity index (χ3v) is 6.42. The van der Waals surface area contributed by atoms with Crippen LogP contribution in [-0.2, 0) is 10.0 Å². The quantitative estimate of drug-likeness (QED) is 0.716. The molecule has 1 aromatic heterocycles. The highest BCUT2D eigenvalue weighted by atomic mass is 32.2. The molecule has 1 aliphatic carbocycles. The zero-order valence-corrected chi connectivity index (χ0v) is 16.5. The second-order valence-corrected chi connectivity index (χ2v) is 9.26. The van der Waals surface area contributed by atoms with E-state index in [1.165, 1.54) is 0 Å². The fourth-order valence-corrected chi connectivity index (χ4v) is 3.89. The number of nitrogens with zero attached hydrogens (tertiary/aromatic N) is 1. The van der Waals surface area contributed by atoms with Gasteiger partial charge < -0.3 is 10.1 Å². The molecule has 1 amide bonds. The van der Waals surface area contributed by atoms with E-state index < -0.39 is 15.3 Å². The maximum Gasteiger partial charge on any atom is 0.256 e. The molecule has 2 N–H and O–H groups in total. The Labute approximate surface area is 156 Å². The molecule has 1 aromatic rings. The Balaban J connectivity index is 1.93. The zero-order valence-electron chi connectivity index (χ0n) is 15.7. The summed E-state index contributed by atoms with van der Waals surface area (Å²) in [4.78, 5) is 16.7. The van der Waals surface area contributed by atoms with Crippen LogP contribution in [0.2, 0.25) is 0 Å². The summed E-state index contributed by atoms with van der Waals surface area (Å²) in [5.41, 5.74) is 0.428. The van der Waals surface area contributed by atoms with Gasteiger partial charge in [-0.3, -0.25) is 4.79 Å². The minimum absolute atomic E-state index is 0.0273. The molecule has 1 fully saturated rings. The Kier molecular flexibility index (Phi) is 7.40. The van der Waals surface area contributed by atoms with E-state index >= 15 is 0 Å². The first-order valence-corrected chi connectivity index (χ1v) is 10.7. The second kappa shape index (κ2) is 9.32. The molecule has 1 aliphatic rings. The number of hydrogen-bond donors (Lipinski definition) is 2. The maximum atomic E-state index is 12.6. The fraction of sp³-hybridized carbons (Fsp3) is 0.667. The lowest BCUT2D eigenvalue weighted by atomic mass is 9.85. The summed E-state index contributed by atoms with van der Waals surface area (Å²) >= 11 is 0. The summed E-state index contributed by atoms with van der Waals surface area (Å²) in [5.74, 6) is 0.363. The molecule has 1 saturated carbocycles. The summed E-state index contributed by atoms with van der Waals surface area (Å²) in [6.45, 7) is 6.04. The van der Waals surface area contributed by atoms with Gasteiger partial charge in [-0.1, -0.05) is 6.42 Å². The van der Waals surface area contributed by atoms with Crippen molar-refractivity contribution < 1.29 is 17.9 Å². The zero-order chi connectivity index (χ0) is 19.2. The van der Waals surface area contributed by atoms with Gasteiger partial charge in [-0.05, 0) is 58.1 Å². The monoisotopic (exact) mass is 383 g/mol. The van der Waals surface area contributed by atoms with Gasteiger partial charge >= 0.3 is 0 Å². The summed E-state index contributed by atoms with van der Waals surface area (Å²) in [7, 11) is -3.26. The predicted octanol–water partition coefficient (Wildman–Crippen LogP) is 2.10. The largest absolute Gasteiger partial charge is 0.477 e. The molecular weight excluding hydrogens is 354 g/mol. The minimum Gasteiger partial charge on any atom is -0.477 e. The van der Waals surface area contributed by atoms with Crippen LogP contribution in [-0.4, -0.2) is 43.8 Å². The molecule has 0 unspecified atom stereocenters. The Bertz CT molecular complexity index is 706. The third kappa shape index (κ3) is 5.67. The first-order chi connectivity index (χ1) is 12.3. The van der Waals surface area contributed by atoms with Gasteiger partial charge in [-0.25, -0.2) is 18.1 Å². The molecule has 1 heterocycles. The van der Waals surface area contributed by atoms with Gasteiger partial charge in [0.1, 0.15) is 5.56 Å². The predicted molar refractivity (Wildman–Crippen MR) is 101 cm³/mol. The highest BCUT2D eigenvalue weighted by molar-refractivity contribution is 7.90. The molecule has 0 aliphatic heterocycles. The SMILES string of the molecule is CCOc1ncccc1C(=O)N[C@H]1CCC[C@@H](CNS(=O)(=O)C(C)C)C1. The van der Waals surface area contributed by atoms with Crippen molar-refractivity contribution in [2.45, 2.75) is 57.7 Å². The van der Waals surface area contributed by atoms with Crippen LogP contribution in [0.1, 0.15) is 56.8 Å². The van der Waals surface area contributed by atoms with E-state index in [4.69, 9.17) is 4.74 Å². The van der Waals surface area contributed by atoms with E-state index in [0.717, 1.165) is 25.7 Å². The summed E-state index contributed by atoms with van der Waals surface area (Å²) in [6, 6.07) is 3.44. The van der Waals surface area contributed by atoms with Crippen molar-refractivity contribution >= 4 is 15.9 Å². The van der Waals surface area contributed by atoms with Crippen LogP contribution in [0.25, 0.3) is 0 Å². The lowest BCUT2D eigenvalue weighted by Gasteiger charge is -2.30. The number of rotatable bonds is 8. The van der Waals surface area contributed by atoms with Gasteiger partial charge in [0, 0.05) is 18.8 Å². The number of aromatic nitrogens is 1. The molecule has 0 saturated heterocycles. The van der Waals surface area contributed by atoms with Crippen LogP contribution in [0.3, 0.4) is 0 Å². The van der Waals surface area contributed by atoms with Crippen molar-refractivity contribution in [3.63, 3.8) is 0 Å². The minimum atomic E-state index is -3.26. The van der Waals surface area contributed by atoms with Gasteiger partial charge in [-0.15, -0.1) is 0 Å². The normalized spacial score (nSPS) is 20.8. The second-order valence-electron chi connectivity index (χ2n) is 6.93. The van der Waals surface area contributed by atoms with Crippen molar-refractivity contribution in [2.24, 2.45) is 5.92 Å². The van der Waals surface area contributed by atoms with Crippen LogP contribution in [0.15, 0.2) is 18.3 Å². The Morgan fingerprint density at radius 3 is 2.85 bits per heavy atom. The van der Waals surface area contributed by atoms with Crippen LogP contribution in [0.5, 0.6) is 5.88 Å². The number of ether oxygens (including phenoxy) is 1. The van der Waals surface area contributed by atoms with Gasteiger partial charge in [0.2, 0.25) is 15.9 Å². The van der Waals surface area contributed by atoms with Crippen LogP contribution in [0.4, 0.5) is 0 Å². The highest BCUT2D eigenvalue weighted by Gasteiger charge is 2.26. The summed E-state index contributed by atoms with van der Waals surface area (Å²) < 4.78 is 31.9. The maximum absolute atomic E-state index is 12.6. The molecule has 2 atom stereocenters. The van der Waals surface area contributed by atoms with Gasteiger partial charge in [0.25, 0.3) is 5.91 Å². The van der Waals surface area contributed by atoms with Crippen molar-refractivity contribution in [1.82, 2.24) is 15.0 Å². The number of sulfonamides is 1. The van der Waals surface area contributed by atoms with Gasteiger partial charge in [0.05, 0.1) is 11.9 Å². The number of hydrogen-bond acceptors (Lipinski definition) is 5. The average Bonchev–Trinajstić information content (AvgIpc) is 2.61. The first kappa shape index (κ1) is 20.6. The topological polar surface area (TPSA) is 97.4 Å². The molecule has 26 heavy (non-hydrogen) atoms. The van der Waals surface area contributed by atoms with E-state index in [2.05, 4.69) is 15.0 Å². The average molecular weight is 384 g/mol. The molecule has 8 heteroatoms. The standard InChI is InChI=1S/C18H29N3O4S/c1-4-25-18-16(9-6-10-19-18)17(22)21-15-8-5-7-14(11-15)12-20-26(23,24)13(2)3/h6,9-10,13-15,20H,4-5,7-8,11-12H2,1-3H3,(H,21,22)/t14-,15+/m1/s1. The Morgan fingerprint density at radius 2 is 2.15 bits per heavy atom. The van der Waals surface area contributed by atoms with Gasteiger partial charge in [0.15, 0.2) is 0 Å². The molecule has 0 aromatic carbocycles. The first-order valence-electron chi connectivity index (χ1n) is 9.20. The number of carbonyl (C=O) groups is 1. The lowest BCUT2D eigenvalue weighted by molar-refractivity contribution is 0.0915. The lowest BCUT2D eigenvalue weighted by Crippen LogP contribution is -2.42. The molecule has 7 nitrogen and oxygen atoms in total. The summed E-state index contributed by atoms with van der Waals surface area (Å²) in [6.07, 6.45) is 5.17. The fourth-order valence-electron chi connectivity index (χ4n) is 3.09. The molecule has 2 rings (SSSR count). The smallest absolute Gasteiger partial charge is 0.256 e. The van der Waals surface area contributed by atoms with Crippen molar-refractivity contribution in [3.05, 3.63) is 23.9 Å². The third-order valence-electron chi connectivity index (χ3n) is 4.61. The Hall–Kier alpha value is -1.67. The van der Waals surface area contributed by atoms with Crippen molar-refractivity contribution in [3.8, 4) is 5.88 Å². The molecule has 0 spiro atoms. The van der Waals surface area contributed by atoms with Gasteiger partial charge in [-0.2, -0.15) is 0 Å². The number of pyridine rings is 1. The molecule has 0 bridgehead atoms. The highest BCUT2D eigenvalue weighted by Crippen LogP contribution is 2.25. The van der Waals surface area contributed by atoms with E-state index in [0.29, 0.717) is 24.6 Å². The van der Waals surface area contributed by atoms with Crippen LogP contribution >= 0.6 is 0 Å². The number of nitrogens with one attached hydrogen (secondary N) is 2. The van der Waals surface area contributed by atoms with Crippen molar-refractivity contribution in [2.75, 3.05) is 13.2 Å².